The first kappa shape index (κ1) is 11.3. The van der Waals surface area contributed by atoms with Gasteiger partial charge in [-0.05, 0) is 19.3 Å². The summed E-state index contributed by atoms with van der Waals surface area (Å²) in [6.45, 7) is 1.22. The number of aromatic nitrogens is 1. The minimum Gasteiger partial charge on any atom is -0.364 e. The number of carbonyl (C=O) groups is 2. The molecule has 0 bridgehead atoms. The van der Waals surface area contributed by atoms with E-state index in [2.05, 4.69) is 5.16 Å². The molecule has 2 aliphatic heterocycles. The molecule has 1 unspecified atom stereocenters. The molecule has 18 heavy (non-hydrogen) atoms. The van der Waals surface area contributed by atoms with Gasteiger partial charge in [0.15, 0.2) is 0 Å². The molecule has 96 valence electrons. The van der Waals surface area contributed by atoms with Gasteiger partial charge in [0.05, 0.1) is 6.54 Å². The Balaban J connectivity index is 1.76. The van der Waals surface area contributed by atoms with Crippen molar-refractivity contribution in [2.45, 2.75) is 31.8 Å². The lowest BCUT2D eigenvalue weighted by atomic mass is 9.98. The maximum absolute atomic E-state index is 12.3. The molecular weight excluding hydrogens is 234 g/mol. The van der Waals surface area contributed by atoms with E-state index in [0.717, 1.165) is 19.3 Å². The third-order valence-electron chi connectivity index (χ3n) is 3.59. The second-order valence-corrected chi connectivity index (χ2v) is 4.78. The average molecular weight is 249 g/mol. The Bertz CT molecular complexity index is 457. The molecule has 0 aliphatic carbocycles. The normalized spacial score (nSPS) is 24.3. The number of nitrogens with zero attached hydrogens (tertiary/aromatic N) is 3. The average Bonchev–Trinajstić information content (AvgIpc) is 2.89. The van der Waals surface area contributed by atoms with Crippen molar-refractivity contribution < 1.29 is 14.1 Å². The Morgan fingerprint density at radius 3 is 3.06 bits per heavy atom. The predicted octanol–water partition coefficient (Wildman–Crippen LogP) is 0.398. The molecule has 0 saturated carbocycles. The van der Waals surface area contributed by atoms with E-state index >= 15 is 0 Å². The number of fused-ring (bicyclic) bond motifs is 1. The van der Waals surface area contributed by atoms with Gasteiger partial charge in [-0.25, -0.2) is 0 Å². The quantitative estimate of drug-likeness (QED) is 0.760. The van der Waals surface area contributed by atoms with Crippen molar-refractivity contribution in [3.63, 3.8) is 0 Å². The molecule has 2 amide bonds. The van der Waals surface area contributed by atoms with Crippen molar-refractivity contribution in [3.8, 4) is 0 Å². The fourth-order valence-corrected chi connectivity index (χ4v) is 2.68. The van der Waals surface area contributed by atoms with Gasteiger partial charge in [-0.2, -0.15) is 0 Å². The van der Waals surface area contributed by atoms with Gasteiger partial charge in [0.1, 0.15) is 24.5 Å². The topological polar surface area (TPSA) is 66.7 Å². The van der Waals surface area contributed by atoms with Crippen LogP contribution in [0.15, 0.2) is 16.9 Å². The Labute approximate surface area is 105 Å². The first-order chi connectivity index (χ1) is 8.75. The van der Waals surface area contributed by atoms with Crippen molar-refractivity contribution >= 4 is 11.8 Å². The molecule has 1 aromatic heterocycles. The summed E-state index contributed by atoms with van der Waals surface area (Å²) < 4.78 is 4.74. The van der Waals surface area contributed by atoms with Gasteiger partial charge in [0.25, 0.3) is 0 Å². The molecule has 2 aliphatic rings. The molecule has 0 aromatic carbocycles. The zero-order chi connectivity index (χ0) is 12.5. The SMILES string of the molecule is O=C1C2CCCCN2C(=O)CN1Cc1ccon1. The summed E-state index contributed by atoms with van der Waals surface area (Å²) >= 11 is 0. The number of amides is 2. The standard InChI is InChI=1S/C12H15N3O3/c16-11-8-14(7-9-4-6-18-13-9)12(17)10-3-1-2-5-15(10)11/h4,6,10H,1-3,5,7-8H2. The van der Waals surface area contributed by atoms with Crippen molar-refractivity contribution in [1.29, 1.82) is 0 Å². The highest BCUT2D eigenvalue weighted by Gasteiger charge is 2.40. The zero-order valence-corrected chi connectivity index (χ0v) is 10.0. The number of hydrogen-bond donors (Lipinski definition) is 0. The Morgan fingerprint density at radius 1 is 1.39 bits per heavy atom. The number of hydrogen-bond acceptors (Lipinski definition) is 4. The summed E-state index contributed by atoms with van der Waals surface area (Å²) in [5.74, 6) is 0.0834. The predicted molar refractivity (Wildman–Crippen MR) is 61.3 cm³/mol. The molecule has 6 heteroatoms. The van der Waals surface area contributed by atoms with Crippen LogP contribution in [0.4, 0.5) is 0 Å². The number of piperazine rings is 1. The van der Waals surface area contributed by atoms with Gasteiger partial charge in [0.2, 0.25) is 11.8 Å². The third kappa shape index (κ3) is 1.87. The summed E-state index contributed by atoms with van der Waals surface area (Å²) in [6, 6.07) is 1.46. The van der Waals surface area contributed by atoms with Crippen LogP contribution < -0.4 is 0 Å². The van der Waals surface area contributed by atoms with Gasteiger partial charge < -0.3 is 14.3 Å². The third-order valence-corrected chi connectivity index (χ3v) is 3.59. The van der Waals surface area contributed by atoms with Crippen LogP contribution in [0.1, 0.15) is 25.0 Å². The van der Waals surface area contributed by atoms with Crippen LogP contribution in [0.5, 0.6) is 0 Å². The summed E-state index contributed by atoms with van der Waals surface area (Å²) in [4.78, 5) is 27.6. The Morgan fingerprint density at radius 2 is 2.28 bits per heavy atom. The highest BCUT2D eigenvalue weighted by molar-refractivity contribution is 5.95. The van der Waals surface area contributed by atoms with Crippen LogP contribution in [0.3, 0.4) is 0 Å². The van der Waals surface area contributed by atoms with Crippen molar-refractivity contribution in [2.75, 3.05) is 13.1 Å². The first-order valence-electron chi connectivity index (χ1n) is 6.23. The second-order valence-electron chi connectivity index (χ2n) is 4.78. The number of rotatable bonds is 2. The molecule has 1 atom stereocenters. The van der Waals surface area contributed by atoms with E-state index in [9.17, 15) is 9.59 Å². The van der Waals surface area contributed by atoms with Crippen LogP contribution in [0.25, 0.3) is 0 Å². The van der Waals surface area contributed by atoms with Crippen LogP contribution >= 0.6 is 0 Å². The first-order valence-corrected chi connectivity index (χ1v) is 6.23. The fraction of sp³-hybridized carbons (Fsp3) is 0.583. The van der Waals surface area contributed by atoms with Gasteiger partial charge in [-0.15, -0.1) is 0 Å². The minimum atomic E-state index is -0.257. The summed E-state index contributed by atoms with van der Waals surface area (Å²) in [5.41, 5.74) is 0.681. The second kappa shape index (κ2) is 4.44. The lowest BCUT2D eigenvalue weighted by Crippen LogP contribution is -2.60. The molecule has 6 nitrogen and oxygen atoms in total. The van der Waals surface area contributed by atoms with Gasteiger partial charge >= 0.3 is 0 Å². The van der Waals surface area contributed by atoms with Gasteiger partial charge in [-0.1, -0.05) is 5.16 Å². The van der Waals surface area contributed by atoms with E-state index in [0.29, 0.717) is 18.8 Å². The van der Waals surface area contributed by atoms with Crippen LogP contribution in [0, 0.1) is 0 Å². The van der Waals surface area contributed by atoms with E-state index < -0.39 is 0 Å². The van der Waals surface area contributed by atoms with Gasteiger partial charge in [0, 0.05) is 12.6 Å². The molecule has 2 fully saturated rings. The minimum absolute atomic E-state index is 0.0392. The molecule has 0 spiro atoms. The maximum atomic E-state index is 12.3. The van der Waals surface area contributed by atoms with Crippen LogP contribution in [-0.4, -0.2) is 45.9 Å². The van der Waals surface area contributed by atoms with E-state index in [-0.39, 0.29) is 24.4 Å². The molecular formula is C12H15N3O3. The molecule has 3 rings (SSSR count). The molecule has 0 radical (unpaired) electrons. The molecule has 3 heterocycles. The maximum Gasteiger partial charge on any atom is 0.246 e. The summed E-state index contributed by atoms with van der Waals surface area (Å²) in [6.07, 6.45) is 4.26. The summed E-state index contributed by atoms with van der Waals surface area (Å²) in [7, 11) is 0. The van der Waals surface area contributed by atoms with Crippen molar-refractivity contribution in [1.82, 2.24) is 15.0 Å². The molecule has 1 aromatic rings. The lowest BCUT2D eigenvalue weighted by Gasteiger charge is -2.42. The van der Waals surface area contributed by atoms with E-state index in [4.69, 9.17) is 4.52 Å². The highest BCUT2D eigenvalue weighted by Crippen LogP contribution is 2.23. The van der Waals surface area contributed by atoms with Crippen molar-refractivity contribution in [2.24, 2.45) is 0 Å². The lowest BCUT2D eigenvalue weighted by molar-refractivity contribution is -0.158. The smallest absolute Gasteiger partial charge is 0.246 e. The summed E-state index contributed by atoms with van der Waals surface area (Å²) in [5, 5.41) is 3.78. The van der Waals surface area contributed by atoms with Crippen LogP contribution in [-0.2, 0) is 16.1 Å². The number of piperidine rings is 1. The Kier molecular flexibility index (Phi) is 2.77. The molecule has 0 N–H and O–H groups in total. The van der Waals surface area contributed by atoms with E-state index in [1.807, 2.05) is 0 Å². The monoisotopic (exact) mass is 249 g/mol. The largest absolute Gasteiger partial charge is 0.364 e. The molecule has 2 saturated heterocycles. The fourth-order valence-electron chi connectivity index (χ4n) is 2.68. The highest BCUT2D eigenvalue weighted by atomic mass is 16.5. The van der Waals surface area contributed by atoms with E-state index in [1.54, 1.807) is 15.9 Å². The zero-order valence-electron chi connectivity index (χ0n) is 10.0. The number of carbonyl (C=O) groups excluding carboxylic acids is 2. The van der Waals surface area contributed by atoms with E-state index in [1.165, 1.54) is 6.26 Å². The van der Waals surface area contributed by atoms with Gasteiger partial charge in [-0.3, -0.25) is 9.59 Å². The van der Waals surface area contributed by atoms with Crippen molar-refractivity contribution in [3.05, 3.63) is 18.0 Å². The van der Waals surface area contributed by atoms with Crippen LogP contribution in [0.2, 0.25) is 0 Å². The Hall–Kier alpha value is -1.85.